The number of aromatic nitrogens is 1. The fourth-order valence-corrected chi connectivity index (χ4v) is 3.19. The Morgan fingerprint density at radius 2 is 2.12 bits per heavy atom. The van der Waals surface area contributed by atoms with Crippen LogP contribution in [0.4, 0.5) is 11.4 Å². The number of hydrogen-bond donors (Lipinski definition) is 1. The number of para-hydroxylation sites is 1. The van der Waals surface area contributed by atoms with Gasteiger partial charge in [-0.15, -0.1) is 0 Å². The molecular formula is C17H17ClN4O3. The molecule has 0 atom stereocenters. The minimum atomic E-state index is -0.619. The number of anilines is 2. The molecule has 0 amide bonds. The van der Waals surface area contributed by atoms with Gasteiger partial charge in [0.15, 0.2) is 5.69 Å². The molecule has 1 aliphatic heterocycles. The molecule has 1 aliphatic rings. The molecule has 130 valence electrons. The van der Waals surface area contributed by atoms with Crippen LogP contribution in [0.25, 0.3) is 5.69 Å². The molecule has 1 saturated heterocycles. The molecule has 0 radical (unpaired) electrons. The summed E-state index contributed by atoms with van der Waals surface area (Å²) in [5.74, 6) is -0.619. The lowest BCUT2D eigenvalue weighted by Gasteiger charge is -2.31. The zero-order valence-electron chi connectivity index (χ0n) is 13.7. The lowest BCUT2D eigenvalue weighted by molar-refractivity contribution is 0.0593. The number of carbonyl (C=O) groups is 1. The molecule has 3 rings (SSSR count). The standard InChI is InChI=1S/C17H17ClN4O3/c1-24-17(23)16-14(20)11(9-19)10-22(16)13-4-2-3-12(18)15(13)21-5-7-25-8-6-21/h2-4,10H,5-8,20H2,1H3. The van der Waals surface area contributed by atoms with Crippen molar-refractivity contribution >= 4 is 28.9 Å². The van der Waals surface area contributed by atoms with Crippen LogP contribution in [0.5, 0.6) is 0 Å². The van der Waals surface area contributed by atoms with Gasteiger partial charge in [0.2, 0.25) is 0 Å². The first-order valence-corrected chi connectivity index (χ1v) is 8.07. The van der Waals surface area contributed by atoms with Crippen LogP contribution in [-0.4, -0.2) is 43.9 Å². The summed E-state index contributed by atoms with van der Waals surface area (Å²) in [5, 5.41) is 9.82. The molecule has 0 bridgehead atoms. The molecule has 0 spiro atoms. The molecule has 1 aromatic carbocycles. The van der Waals surface area contributed by atoms with Gasteiger partial charge in [0.25, 0.3) is 0 Å². The largest absolute Gasteiger partial charge is 0.464 e. The molecule has 2 aromatic rings. The van der Waals surface area contributed by atoms with E-state index in [4.69, 9.17) is 26.8 Å². The van der Waals surface area contributed by atoms with E-state index < -0.39 is 5.97 Å². The van der Waals surface area contributed by atoms with Crippen LogP contribution < -0.4 is 10.6 Å². The molecule has 2 heterocycles. The summed E-state index contributed by atoms with van der Waals surface area (Å²) < 4.78 is 11.8. The summed E-state index contributed by atoms with van der Waals surface area (Å²) in [7, 11) is 1.27. The van der Waals surface area contributed by atoms with Gasteiger partial charge in [-0.05, 0) is 12.1 Å². The second-order valence-corrected chi connectivity index (χ2v) is 5.89. The van der Waals surface area contributed by atoms with Gasteiger partial charge in [-0.3, -0.25) is 0 Å². The molecule has 2 N–H and O–H groups in total. The van der Waals surface area contributed by atoms with Gasteiger partial charge in [-0.1, -0.05) is 17.7 Å². The van der Waals surface area contributed by atoms with Crippen LogP contribution in [0.2, 0.25) is 5.02 Å². The van der Waals surface area contributed by atoms with E-state index in [9.17, 15) is 10.1 Å². The lowest BCUT2D eigenvalue weighted by Crippen LogP contribution is -2.37. The second kappa shape index (κ2) is 7.05. The highest BCUT2D eigenvalue weighted by molar-refractivity contribution is 6.33. The van der Waals surface area contributed by atoms with Crippen molar-refractivity contribution in [2.75, 3.05) is 44.0 Å². The van der Waals surface area contributed by atoms with Crippen LogP contribution in [0.1, 0.15) is 16.1 Å². The molecule has 7 nitrogen and oxygen atoms in total. The number of hydrogen-bond acceptors (Lipinski definition) is 6. The van der Waals surface area contributed by atoms with E-state index in [0.717, 1.165) is 5.69 Å². The predicted molar refractivity (Wildman–Crippen MR) is 94.3 cm³/mol. The molecule has 25 heavy (non-hydrogen) atoms. The van der Waals surface area contributed by atoms with E-state index in [1.54, 1.807) is 16.7 Å². The van der Waals surface area contributed by atoms with Crippen LogP contribution in [-0.2, 0) is 9.47 Å². The third-order valence-corrected chi connectivity index (χ3v) is 4.40. The third kappa shape index (κ3) is 3.02. The van der Waals surface area contributed by atoms with Gasteiger partial charge in [-0.25, -0.2) is 4.79 Å². The fourth-order valence-electron chi connectivity index (χ4n) is 2.90. The number of halogens is 1. The predicted octanol–water partition coefficient (Wildman–Crippen LogP) is 2.21. The van der Waals surface area contributed by atoms with Crippen LogP contribution in [0, 0.1) is 11.3 Å². The number of carbonyl (C=O) groups excluding carboxylic acids is 1. The van der Waals surface area contributed by atoms with Crippen molar-refractivity contribution in [3.8, 4) is 11.8 Å². The Balaban J connectivity index is 2.22. The Hall–Kier alpha value is -2.69. The highest BCUT2D eigenvalue weighted by Gasteiger charge is 2.25. The Labute approximate surface area is 150 Å². The average molecular weight is 361 g/mol. The first-order valence-electron chi connectivity index (χ1n) is 7.69. The Morgan fingerprint density at radius 3 is 2.76 bits per heavy atom. The lowest BCUT2D eigenvalue weighted by atomic mass is 10.2. The van der Waals surface area contributed by atoms with Gasteiger partial charge in [0.05, 0.1) is 48.0 Å². The second-order valence-electron chi connectivity index (χ2n) is 5.49. The normalized spacial score (nSPS) is 14.2. The van der Waals surface area contributed by atoms with E-state index in [1.165, 1.54) is 13.3 Å². The number of nitriles is 1. The maximum atomic E-state index is 12.2. The van der Waals surface area contributed by atoms with Crippen molar-refractivity contribution in [2.24, 2.45) is 0 Å². The summed E-state index contributed by atoms with van der Waals surface area (Å²) in [4.78, 5) is 14.3. The third-order valence-electron chi connectivity index (χ3n) is 4.10. The monoisotopic (exact) mass is 360 g/mol. The highest BCUT2D eigenvalue weighted by Crippen LogP contribution is 2.36. The number of benzene rings is 1. The van der Waals surface area contributed by atoms with Gasteiger partial charge in [0, 0.05) is 19.3 Å². The van der Waals surface area contributed by atoms with Crippen molar-refractivity contribution in [1.29, 1.82) is 5.26 Å². The summed E-state index contributed by atoms with van der Waals surface area (Å²) >= 11 is 6.45. The van der Waals surface area contributed by atoms with Crippen LogP contribution >= 0.6 is 11.6 Å². The minimum absolute atomic E-state index is 0.0854. The Bertz CT molecular complexity index is 850. The summed E-state index contributed by atoms with van der Waals surface area (Å²) in [6, 6.07) is 7.39. The van der Waals surface area contributed by atoms with Gasteiger partial charge in [0.1, 0.15) is 6.07 Å². The molecule has 1 fully saturated rings. The van der Waals surface area contributed by atoms with Crippen molar-refractivity contribution in [3.63, 3.8) is 0 Å². The maximum Gasteiger partial charge on any atom is 0.357 e. The molecule has 0 unspecified atom stereocenters. The SMILES string of the molecule is COC(=O)c1c(N)c(C#N)cn1-c1cccc(Cl)c1N1CCOCC1. The number of rotatable bonds is 3. The number of esters is 1. The van der Waals surface area contributed by atoms with Crippen molar-refractivity contribution in [2.45, 2.75) is 0 Å². The van der Waals surface area contributed by atoms with Crippen LogP contribution in [0.3, 0.4) is 0 Å². The number of nitrogens with two attached hydrogens (primary N) is 1. The molecule has 1 aromatic heterocycles. The van der Waals surface area contributed by atoms with E-state index in [-0.39, 0.29) is 16.9 Å². The Morgan fingerprint density at radius 1 is 1.40 bits per heavy atom. The van der Waals surface area contributed by atoms with Crippen molar-refractivity contribution in [1.82, 2.24) is 4.57 Å². The zero-order valence-corrected chi connectivity index (χ0v) is 14.4. The number of morpholine rings is 1. The molecule has 0 aliphatic carbocycles. The summed E-state index contributed by atoms with van der Waals surface area (Å²) in [6.07, 6.45) is 1.52. The van der Waals surface area contributed by atoms with E-state index in [2.05, 4.69) is 4.90 Å². The topological polar surface area (TPSA) is 93.5 Å². The number of nitrogen functional groups attached to an aromatic ring is 1. The number of ether oxygens (including phenoxy) is 2. The van der Waals surface area contributed by atoms with Crippen LogP contribution in [0.15, 0.2) is 24.4 Å². The van der Waals surface area contributed by atoms with E-state index in [1.807, 2.05) is 12.1 Å². The van der Waals surface area contributed by atoms with Gasteiger partial charge in [-0.2, -0.15) is 5.26 Å². The maximum absolute atomic E-state index is 12.2. The molecular weight excluding hydrogens is 344 g/mol. The van der Waals surface area contributed by atoms with E-state index in [0.29, 0.717) is 37.0 Å². The van der Waals surface area contributed by atoms with Gasteiger partial charge >= 0.3 is 5.97 Å². The number of methoxy groups -OCH3 is 1. The smallest absolute Gasteiger partial charge is 0.357 e. The average Bonchev–Trinajstić information content (AvgIpc) is 2.98. The Kier molecular flexibility index (Phi) is 4.83. The quantitative estimate of drug-likeness (QED) is 0.843. The highest BCUT2D eigenvalue weighted by atomic mass is 35.5. The summed E-state index contributed by atoms with van der Waals surface area (Å²) in [6.45, 7) is 2.52. The van der Waals surface area contributed by atoms with Crippen molar-refractivity contribution < 1.29 is 14.3 Å². The molecule has 8 heteroatoms. The van der Waals surface area contributed by atoms with Crippen molar-refractivity contribution in [3.05, 3.63) is 40.7 Å². The zero-order chi connectivity index (χ0) is 18.0. The van der Waals surface area contributed by atoms with E-state index >= 15 is 0 Å². The fraction of sp³-hybridized carbons (Fsp3) is 0.294. The summed E-state index contributed by atoms with van der Waals surface area (Å²) in [5.41, 5.74) is 7.80. The van der Waals surface area contributed by atoms with Gasteiger partial charge < -0.3 is 24.7 Å². The first kappa shape index (κ1) is 17.1. The molecule has 0 saturated carbocycles. The first-order chi connectivity index (χ1) is 12.1. The minimum Gasteiger partial charge on any atom is -0.464 e. The number of nitrogens with zero attached hydrogens (tertiary/aromatic N) is 3.